The van der Waals surface area contributed by atoms with Crippen molar-refractivity contribution in [3.05, 3.63) is 66.0 Å². The molecule has 0 amide bonds. The minimum absolute atomic E-state index is 0.240. The van der Waals surface area contributed by atoms with E-state index in [1.165, 1.54) is 12.1 Å². The van der Waals surface area contributed by atoms with Crippen molar-refractivity contribution >= 4 is 5.69 Å². The fourth-order valence-corrected chi connectivity index (χ4v) is 2.57. The first kappa shape index (κ1) is 15.5. The molecule has 0 radical (unpaired) electrons. The van der Waals surface area contributed by atoms with E-state index in [0.29, 0.717) is 6.54 Å². The molecule has 0 aliphatic carbocycles. The Kier molecular flexibility index (Phi) is 4.63. The molecule has 3 heteroatoms. The lowest BCUT2D eigenvalue weighted by Crippen LogP contribution is -2.36. The molecule has 2 aromatic carbocycles. The summed E-state index contributed by atoms with van der Waals surface area (Å²) in [5, 5.41) is 10.6. The molecule has 1 unspecified atom stereocenters. The molecule has 0 aliphatic heterocycles. The lowest BCUT2D eigenvalue weighted by Gasteiger charge is -2.35. The molecule has 0 heterocycles. The molecule has 21 heavy (non-hydrogen) atoms. The summed E-state index contributed by atoms with van der Waals surface area (Å²) in [4.78, 5) is 2.03. The Hall–Kier alpha value is -1.87. The molecule has 2 nitrogen and oxygen atoms in total. The van der Waals surface area contributed by atoms with E-state index in [4.69, 9.17) is 0 Å². The number of hydrogen-bond acceptors (Lipinski definition) is 2. The number of hydrogen-bond donors (Lipinski definition) is 1. The minimum atomic E-state index is -0.554. The van der Waals surface area contributed by atoms with Gasteiger partial charge in [-0.05, 0) is 29.8 Å². The highest BCUT2D eigenvalue weighted by molar-refractivity contribution is 5.45. The highest BCUT2D eigenvalue weighted by Crippen LogP contribution is 2.34. The second-order valence-electron chi connectivity index (χ2n) is 6.13. The smallest absolute Gasteiger partial charge is 0.123 e. The molecule has 0 spiro atoms. The van der Waals surface area contributed by atoms with Crippen LogP contribution in [0.1, 0.15) is 25.5 Å². The Labute approximate surface area is 125 Å². The van der Waals surface area contributed by atoms with E-state index in [1.54, 1.807) is 12.1 Å². The van der Waals surface area contributed by atoms with E-state index in [-0.39, 0.29) is 11.2 Å². The summed E-state index contributed by atoms with van der Waals surface area (Å²) >= 11 is 0. The molecule has 1 atom stereocenters. The first-order chi connectivity index (χ1) is 9.90. The van der Waals surface area contributed by atoms with E-state index < -0.39 is 6.10 Å². The maximum absolute atomic E-state index is 13.0. The van der Waals surface area contributed by atoms with Crippen molar-refractivity contribution in [3.8, 4) is 0 Å². The number of anilines is 1. The summed E-state index contributed by atoms with van der Waals surface area (Å²) in [6.07, 6.45) is -0.554. The molecule has 0 fully saturated rings. The normalized spacial score (nSPS) is 13.0. The second-order valence-corrected chi connectivity index (χ2v) is 6.13. The van der Waals surface area contributed by atoms with Gasteiger partial charge >= 0.3 is 0 Å². The van der Waals surface area contributed by atoms with Gasteiger partial charge in [0.15, 0.2) is 0 Å². The van der Waals surface area contributed by atoms with Crippen molar-refractivity contribution in [1.82, 2.24) is 0 Å². The SMILES string of the molecule is CN(CC(C)(C)C(O)c1ccccc1)c1ccc(F)cc1. The van der Waals surface area contributed by atoms with Crippen LogP contribution in [0.4, 0.5) is 10.1 Å². The third-order valence-corrected chi connectivity index (χ3v) is 3.77. The van der Waals surface area contributed by atoms with E-state index >= 15 is 0 Å². The number of nitrogens with zero attached hydrogens (tertiary/aromatic N) is 1. The first-order valence-electron chi connectivity index (χ1n) is 7.10. The van der Waals surface area contributed by atoms with Crippen molar-refractivity contribution in [1.29, 1.82) is 0 Å². The van der Waals surface area contributed by atoms with Crippen LogP contribution < -0.4 is 4.90 Å². The Bertz CT molecular complexity index is 566. The molecular weight excluding hydrogens is 265 g/mol. The lowest BCUT2D eigenvalue weighted by molar-refractivity contribution is 0.0547. The van der Waals surface area contributed by atoms with E-state index in [2.05, 4.69) is 0 Å². The molecular formula is C18H22FNO. The van der Waals surface area contributed by atoms with Crippen molar-refractivity contribution in [2.45, 2.75) is 20.0 Å². The van der Waals surface area contributed by atoms with E-state index in [1.807, 2.05) is 56.1 Å². The van der Waals surface area contributed by atoms with Crippen LogP contribution in [0.3, 0.4) is 0 Å². The second kappa shape index (κ2) is 6.27. The van der Waals surface area contributed by atoms with Crippen molar-refractivity contribution < 1.29 is 9.50 Å². The molecule has 2 rings (SSSR count). The average molecular weight is 287 g/mol. The van der Waals surface area contributed by atoms with E-state index in [0.717, 1.165) is 11.3 Å². The van der Waals surface area contributed by atoms with Crippen LogP contribution in [-0.2, 0) is 0 Å². The standard InChI is InChI=1S/C18H22FNO/c1-18(2,17(21)14-7-5-4-6-8-14)13-20(3)16-11-9-15(19)10-12-16/h4-12,17,21H,13H2,1-3H3. The number of aliphatic hydroxyl groups excluding tert-OH is 1. The summed E-state index contributed by atoms with van der Waals surface area (Å²) in [6.45, 7) is 4.73. The van der Waals surface area contributed by atoms with Crippen molar-refractivity contribution in [2.75, 3.05) is 18.5 Å². The number of benzene rings is 2. The van der Waals surface area contributed by atoms with Gasteiger partial charge in [0, 0.05) is 24.7 Å². The van der Waals surface area contributed by atoms with Crippen LogP contribution in [0.5, 0.6) is 0 Å². The summed E-state index contributed by atoms with van der Waals surface area (Å²) in [5.41, 5.74) is 1.52. The van der Waals surface area contributed by atoms with Gasteiger partial charge in [-0.1, -0.05) is 44.2 Å². The van der Waals surface area contributed by atoms with Crippen LogP contribution in [0.2, 0.25) is 0 Å². The Balaban J connectivity index is 2.11. The molecule has 2 aromatic rings. The van der Waals surface area contributed by atoms with Gasteiger partial charge < -0.3 is 10.0 Å². The van der Waals surface area contributed by atoms with Gasteiger partial charge in [0.1, 0.15) is 5.82 Å². The molecule has 1 N–H and O–H groups in total. The topological polar surface area (TPSA) is 23.5 Å². The van der Waals surface area contributed by atoms with Gasteiger partial charge in [0.2, 0.25) is 0 Å². The zero-order valence-corrected chi connectivity index (χ0v) is 12.8. The van der Waals surface area contributed by atoms with E-state index in [9.17, 15) is 9.50 Å². The molecule has 0 aliphatic rings. The summed E-state index contributed by atoms with van der Waals surface area (Å²) in [6, 6.07) is 16.1. The van der Waals surface area contributed by atoms with Gasteiger partial charge in [-0.15, -0.1) is 0 Å². The van der Waals surface area contributed by atoms with Crippen LogP contribution in [0.25, 0.3) is 0 Å². The highest BCUT2D eigenvalue weighted by Gasteiger charge is 2.30. The molecule has 0 saturated carbocycles. The van der Waals surface area contributed by atoms with Crippen LogP contribution in [0.15, 0.2) is 54.6 Å². The zero-order chi connectivity index (χ0) is 15.5. The predicted octanol–water partition coefficient (Wildman–Crippen LogP) is 4.02. The van der Waals surface area contributed by atoms with Crippen LogP contribution in [0, 0.1) is 11.2 Å². The highest BCUT2D eigenvalue weighted by atomic mass is 19.1. The number of aliphatic hydroxyl groups is 1. The van der Waals surface area contributed by atoms with Crippen LogP contribution in [-0.4, -0.2) is 18.7 Å². The average Bonchev–Trinajstić information content (AvgIpc) is 2.47. The van der Waals surface area contributed by atoms with Gasteiger partial charge in [0.25, 0.3) is 0 Å². The lowest BCUT2D eigenvalue weighted by atomic mass is 9.82. The Morgan fingerprint density at radius 3 is 2.19 bits per heavy atom. The van der Waals surface area contributed by atoms with Gasteiger partial charge in [0.05, 0.1) is 6.10 Å². The number of halogens is 1. The third kappa shape index (κ3) is 3.82. The summed E-state index contributed by atoms with van der Waals surface area (Å²) in [7, 11) is 1.95. The Morgan fingerprint density at radius 1 is 1.05 bits per heavy atom. The van der Waals surface area contributed by atoms with Crippen LogP contribution >= 0.6 is 0 Å². The number of rotatable bonds is 5. The van der Waals surface area contributed by atoms with Gasteiger partial charge in [-0.3, -0.25) is 0 Å². The van der Waals surface area contributed by atoms with Crippen molar-refractivity contribution in [2.24, 2.45) is 5.41 Å². The largest absolute Gasteiger partial charge is 0.388 e. The van der Waals surface area contributed by atoms with Crippen molar-refractivity contribution in [3.63, 3.8) is 0 Å². The minimum Gasteiger partial charge on any atom is -0.388 e. The predicted molar refractivity (Wildman–Crippen MR) is 84.9 cm³/mol. The summed E-state index contributed by atoms with van der Waals surface area (Å²) < 4.78 is 13.0. The molecule has 0 aromatic heterocycles. The Morgan fingerprint density at radius 2 is 1.62 bits per heavy atom. The zero-order valence-electron chi connectivity index (χ0n) is 12.8. The first-order valence-corrected chi connectivity index (χ1v) is 7.10. The van der Waals surface area contributed by atoms with Gasteiger partial charge in [-0.2, -0.15) is 0 Å². The van der Waals surface area contributed by atoms with Gasteiger partial charge in [-0.25, -0.2) is 4.39 Å². The maximum atomic E-state index is 13.0. The fourth-order valence-electron chi connectivity index (χ4n) is 2.57. The molecule has 112 valence electrons. The summed E-state index contributed by atoms with van der Waals surface area (Å²) in [5.74, 6) is -0.240. The quantitative estimate of drug-likeness (QED) is 0.897. The molecule has 0 bridgehead atoms. The molecule has 0 saturated heterocycles. The monoisotopic (exact) mass is 287 g/mol. The maximum Gasteiger partial charge on any atom is 0.123 e. The fraction of sp³-hybridized carbons (Fsp3) is 0.333. The third-order valence-electron chi connectivity index (χ3n) is 3.77.